The minimum atomic E-state index is -1.05. The first-order chi connectivity index (χ1) is 17.5. The second-order valence-corrected chi connectivity index (χ2v) is 10.2. The molecule has 190 valence electrons. The lowest BCUT2D eigenvalue weighted by Crippen LogP contribution is -2.25. The number of aromatic carboxylic acids is 1. The molecule has 1 aromatic heterocycles. The Balaban J connectivity index is 1.66. The summed E-state index contributed by atoms with van der Waals surface area (Å²) in [6.07, 6.45) is 0.803. The third-order valence-electron chi connectivity index (χ3n) is 5.54. The predicted octanol–water partition coefficient (Wildman–Crippen LogP) is 6.46. The number of nitrogens with zero attached hydrogens (tertiary/aromatic N) is 2. The normalized spacial score (nSPS) is 11.5. The van der Waals surface area contributed by atoms with Crippen molar-refractivity contribution in [3.63, 3.8) is 0 Å². The zero-order valence-electron chi connectivity index (χ0n) is 20.7. The fraction of sp³-hybridized carbons (Fsp3) is 0.241. The van der Waals surface area contributed by atoms with E-state index in [9.17, 15) is 19.1 Å². The minimum absolute atomic E-state index is 0.0359. The van der Waals surface area contributed by atoms with Crippen LogP contribution in [0, 0.1) is 5.82 Å². The summed E-state index contributed by atoms with van der Waals surface area (Å²) in [5.74, 6) is -1.92. The molecule has 4 aromatic rings. The van der Waals surface area contributed by atoms with Crippen molar-refractivity contribution in [2.45, 2.75) is 45.6 Å². The Morgan fingerprint density at radius 2 is 1.62 bits per heavy atom. The molecule has 1 N–H and O–H groups in total. The third-order valence-corrected chi connectivity index (χ3v) is 5.79. The van der Waals surface area contributed by atoms with Crippen molar-refractivity contribution >= 4 is 34.6 Å². The highest BCUT2D eigenvalue weighted by atomic mass is 35.5. The zero-order valence-corrected chi connectivity index (χ0v) is 21.5. The quantitative estimate of drug-likeness (QED) is 0.281. The van der Waals surface area contributed by atoms with Crippen LogP contribution in [0.5, 0.6) is 0 Å². The highest BCUT2D eigenvalue weighted by Crippen LogP contribution is 2.27. The van der Waals surface area contributed by atoms with Crippen molar-refractivity contribution in [3.8, 4) is 11.3 Å². The molecule has 0 unspecified atom stereocenters. The fourth-order valence-corrected chi connectivity index (χ4v) is 4.13. The summed E-state index contributed by atoms with van der Waals surface area (Å²) in [4.78, 5) is 33.2. The number of carboxylic acid groups (broad SMARTS) is 1. The van der Waals surface area contributed by atoms with Gasteiger partial charge in [0.2, 0.25) is 0 Å². The van der Waals surface area contributed by atoms with Gasteiger partial charge in [-0.05, 0) is 87.2 Å². The van der Waals surface area contributed by atoms with E-state index in [2.05, 4.69) is 0 Å². The van der Waals surface area contributed by atoms with Crippen LogP contribution in [0.2, 0.25) is 5.02 Å². The van der Waals surface area contributed by atoms with Crippen LogP contribution in [0.4, 0.5) is 4.39 Å². The lowest BCUT2D eigenvalue weighted by molar-refractivity contribution is -0.153. The first-order valence-corrected chi connectivity index (χ1v) is 12.1. The molecule has 0 saturated carbocycles. The molecule has 0 amide bonds. The number of hydrogen-bond acceptors (Lipinski definition) is 5. The Labute approximate surface area is 219 Å². The average molecular weight is 521 g/mol. The Bertz CT molecular complexity index is 1480. The van der Waals surface area contributed by atoms with Crippen LogP contribution in [0.15, 0.2) is 60.7 Å². The maximum Gasteiger partial charge on any atom is 0.335 e. The summed E-state index contributed by atoms with van der Waals surface area (Å²) < 4.78 is 19.8. The molecule has 3 aromatic carbocycles. The van der Waals surface area contributed by atoms with Crippen molar-refractivity contribution in [3.05, 3.63) is 93.9 Å². The molecule has 0 spiro atoms. The molecule has 37 heavy (non-hydrogen) atoms. The van der Waals surface area contributed by atoms with E-state index >= 15 is 0 Å². The fourth-order valence-electron chi connectivity index (χ4n) is 4.01. The summed E-state index contributed by atoms with van der Waals surface area (Å²) in [5.41, 5.74) is 3.81. The van der Waals surface area contributed by atoms with Gasteiger partial charge in [-0.2, -0.15) is 0 Å². The standard InChI is InChI=1S/C29H26ClFN2O4/c1-29(2,3)37-26(34)15-18-12-17(13-22(31)14-18)4-10-24-27(19-5-8-21(30)9-6-19)33-23-11-7-20(28(35)36)16-25(23)32-24/h5-9,11-14,16H,4,10,15H2,1-3H3,(H,35,36). The summed E-state index contributed by atoms with van der Waals surface area (Å²) in [7, 11) is 0. The number of aryl methyl sites for hydroxylation is 2. The van der Waals surface area contributed by atoms with E-state index in [0.717, 1.165) is 5.56 Å². The molecule has 0 saturated heterocycles. The Kier molecular flexibility index (Phi) is 7.55. The predicted molar refractivity (Wildman–Crippen MR) is 140 cm³/mol. The van der Waals surface area contributed by atoms with Crippen molar-refractivity contribution in [2.75, 3.05) is 0 Å². The topological polar surface area (TPSA) is 89.4 Å². The molecule has 0 aliphatic rings. The lowest BCUT2D eigenvalue weighted by Gasteiger charge is -2.19. The number of ether oxygens (including phenoxy) is 1. The second-order valence-electron chi connectivity index (χ2n) is 9.77. The summed E-state index contributed by atoms with van der Waals surface area (Å²) in [5, 5.41) is 9.96. The van der Waals surface area contributed by atoms with Crippen molar-refractivity contribution in [1.29, 1.82) is 0 Å². The smallest absolute Gasteiger partial charge is 0.335 e. The molecule has 0 aliphatic carbocycles. The van der Waals surface area contributed by atoms with Crippen LogP contribution in [-0.4, -0.2) is 32.6 Å². The maximum absolute atomic E-state index is 14.4. The number of fused-ring (bicyclic) bond motifs is 1. The summed E-state index contributed by atoms with van der Waals surface area (Å²) >= 11 is 6.06. The first-order valence-electron chi connectivity index (χ1n) is 11.8. The van der Waals surface area contributed by atoms with Gasteiger partial charge in [0.05, 0.1) is 34.4 Å². The largest absolute Gasteiger partial charge is 0.478 e. The van der Waals surface area contributed by atoms with E-state index in [-0.39, 0.29) is 12.0 Å². The van der Waals surface area contributed by atoms with Crippen LogP contribution in [-0.2, 0) is 28.8 Å². The number of benzene rings is 3. The number of carbonyl (C=O) groups is 2. The maximum atomic E-state index is 14.4. The van der Waals surface area contributed by atoms with E-state index < -0.39 is 23.4 Å². The minimum Gasteiger partial charge on any atom is -0.478 e. The number of esters is 1. The van der Waals surface area contributed by atoms with Crippen LogP contribution < -0.4 is 0 Å². The van der Waals surface area contributed by atoms with Gasteiger partial charge in [-0.15, -0.1) is 0 Å². The van der Waals surface area contributed by atoms with E-state index in [1.807, 2.05) is 12.1 Å². The number of hydrogen-bond donors (Lipinski definition) is 1. The highest BCUT2D eigenvalue weighted by Gasteiger charge is 2.18. The van der Waals surface area contributed by atoms with Gasteiger partial charge in [0, 0.05) is 10.6 Å². The van der Waals surface area contributed by atoms with Gasteiger partial charge >= 0.3 is 11.9 Å². The molecule has 0 fully saturated rings. The first kappa shape index (κ1) is 26.2. The molecule has 0 aliphatic heterocycles. The molecular formula is C29H26ClFN2O4. The number of halogens is 2. The van der Waals surface area contributed by atoms with Gasteiger partial charge in [-0.3, -0.25) is 4.79 Å². The van der Waals surface area contributed by atoms with Gasteiger partial charge in [-0.25, -0.2) is 19.2 Å². The number of carbonyl (C=O) groups excluding carboxylic acids is 1. The lowest BCUT2D eigenvalue weighted by atomic mass is 10.0. The monoisotopic (exact) mass is 520 g/mol. The van der Waals surface area contributed by atoms with Crippen molar-refractivity contribution in [2.24, 2.45) is 0 Å². The van der Waals surface area contributed by atoms with E-state index in [0.29, 0.717) is 51.4 Å². The van der Waals surface area contributed by atoms with E-state index in [4.69, 9.17) is 26.3 Å². The van der Waals surface area contributed by atoms with Crippen LogP contribution in [0.1, 0.15) is 48.0 Å². The van der Waals surface area contributed by atoms with Gasteiger partial charge in [0.1, 0.15) is 11.4 Å². The van der Waals surface area contributed by atoms with E-state index in [1.165, 1.54) is 24.3 Å². The number of carboxylic acids is 1. The molecule has 0 bridgehead atoms. The van der Waals surface area contributed by atoms with Crippen LogP contribution >= 0.6 is 11.6 Å². The molecule has 6 nitrogen and oxygen atoms in total. The summed E-state index contributed by atoms with van der Waals surface area (Å²) in [6.45, 7) is 5.35. The molecule has 8 heteroatoms. The zero-order chi connectivity index (χ0) is 26.7. The Morgan fingerprint density at radius 1 is 0.919 bits per heavy atom. The molecule has 1 heterocycles. The van der Waals surface area contributed by atoms with Gasteiger partial charge < -0.3 is 9.84 Å². The molecule has 0 atom stereocenters. The number of aromatic nitrogens is 2. The SMILES string of the molecule is CC(C)(C)OC(=O)Cc1cc(F)cc(CCc2nc3cc(C(=O)O)ccc3nc2-c2ccc(Cl)cc2)c1. The Morgan fingerprint density at radius 3 is 2.30 bits per heavy atom. The van der Waals surface area contributed by atoms with E-state index in [1.54, 1.807) is 45.0 Å². The van der Waals surface area contributed by atoms with Gasteiger partial charge in [0.25, 0.3) is 0 Å². The van der Waals surface area contributed by atoms with Gasteiger partial charge in [-0.1, -0.05) is 29.8 Å². The number of rotatable bonds is 7. The average Bonchev–Trinajstić information content (AvgIpc) is 2.80. The third kappa shape index (κ3) is 6.89. The van der Waals surface area contributed by atoms with Crippen molar-refractivity contribution in [1.82, 2.24) is 9.97 Å². The second kappa shape index (κ2) is 10.6. The highest BCUT2D eigenvalue weighted by molar-refractivity contribution is 6.30. The molecule has 4 rings (SSSR count). The Hall–Kier alpha value is -3.84. The van der Waals surface area contributed by atoms with Crippen LogP contribution in [0.25, 0.3) is 22.3 Å². The molecular weight excluding hydrogens is 495 g/mol. The molecule has 0 radical (unpaired) electrons. The van der Waals surface area contributed by atoms with Gasteiger partial charge in [0.15, 0.2) is 0 Å². The van der Waals surface area contributed by atoms with Crippen LogP contribution in [0.3, 0.4) is 0 Å². The van der Waals surface area contributed by atoms with Crippen molar-refractivity contribution < 1.29 is 23.8 Å². The summed E-state index contributed by atoms with van der Waals surface area (Å²) in [6, 6.07) is 16.3.